The van der Waals surface area contributed by atoms with Crippen LogP contribution in [0.15, 0.2) is 18.2 Å². The second-order valence-corrected chi connectivity index (χ2v) is 10.4. The first-order valence-corrected chi connectivity index (χ1v) is 10.9. The van der Waals surface area contributed by atoms with Crippen molar-refractivity contribution < 1.29 is 14.3 Å². The first kappa shape index (κ1) is 22.8. The second-order valence-electron chi connectivity index (χ2n) is 10.4. The molecule has 3 heteroatoms. The molecule has 3 nitrogen and oxygen atoms in total. The molecule has 1 aromatic rings. The molecule has 1 aliphatic rings. The van der Waals surface area contributed by atoms with Crippen molar-refractivity contribution in [3.8, 4) is 5.75 Å². The van der Waals surface area contributed by atoms with Gasteiger partial charge >= 0.3 is 5.97 Å². The van der Waals surface area contributed by atoms with E-state index in [0.29, 0.717) is 12.5 Å². The normalized spacial score (nSPS) is 22.0. The second kappa shape index (κ2) is 9.33. The van der Waals surface area contributed by atoms with Crippen LogP contribution in [-0.4, -0.2) is 18.7 Å². The van der Waals surface area contributed by atoms with Crippen LogP contribution in [0.1, 0.15) is 84.3 Å². The number of aryl methyl sites for hydroxylation is 2. The van der Waals surface area contributed by atoms with Gasteiger partial charge in [-0.1, -0.05) is 38.5 Å². The lowest BCUT2D eigenvalue weighted by atomic mass is 9.71. The lowest BCUT2D eigenvalue weighted by molar-refractivity contribution is -0.164. The van der Waals surface area contributed by atoms with Crippen LogP contribution in [0.3, 0.4) is 0 Å². The first-order chi connectivity index (χ1) is 13.0. The molecule has 1 aromatic carbocycles. The standard InChI is InChI=1S/C25H40O3/c1-18-10-11-22(20(3)14-18)27-13-9-8-12-25(6,7)23(26)28-21-15-19(2)16-24(4,5)17-21/h10-11,14,19,21H,8-9,12-13,15-17H2,1-7H3/t19-,21+/m1/s1. The molecule has 0 unspecified atom stereocenters. The predicted molar refractivity (Wildman–Crippen MR) is 116 cm³/mol. The number of carbonyl (C=O) groups is 1. The largest absolute Gasteiger partial charge is 0.493 e. The van der Waals surface area contributed by atoms with Crippen molar-refractivity contribution >= 4 is 5.97 Å². The summed E-state index contributed by atoms with van der Waals surface area (Å²) in [6, 6.07) is 6.26. The number of ether oxygens (including phenoxy) is 2. The van der Waals surface area contributed by atoms with E-state index in [1.54, 1.807) is 0 Å². The maximum Gasteiger partial charge on any atom is 0.311 e. The van der Waals surface area contributed by atoms with E-state index in [9.17, 15) is 4.79 Å². The van der Waals surface area contributed by atoms with Crippen molar-refractivity contribution in [2.75, 3.05) is 6.61 Å². The Morgan fingerprint density at radius 1 is 1.18 bits per heavy atom. The molecule has 0 radical (unpaired) electrons. The monoisotopic (exact) mass is 388 g/mol. The Labute approximate surface area is 172 Å². The molecule has 0 saturated heterocycles. The van der Waals surface area contributed by atoms with Gasteiger partial charge in [0.2, 0.25) is 0 Å². The molecule has 28 heavy (non-hydrogen) atoms. The van der Waals surface area contributed by atoms with E-state index in [1.807, 2.05) is 19.9 Å². The summed E-state index contributed by atoms with van der Waals surface area (Å²) in [6.07, 6.45) is 5.98. The Hall–Kier alpha value is -1.51. The minimum absolute atomic E-state index is 0.0438. The molecule has 0 N–H and O–H groups in total. The third-order valence-corrected chi connectivity index (χ3v) is 5.96. The van der Waals surface area contributed by atoms with E-state index >= 15 is 0 Å². The number of hydrogen-bond donors (Lipinski definition) is 0. The maximum absolute atomic E-state index is 12.8. The fraction of sp³-hybridized carbons (Fsp3) is 0.720. The zero-order chi connectivity index (χ0) is 20.9. The highest BCUT2D eigenvalue weighted by Crippen LogP contribution is 2.40. The van der Waals surface area contributed by atoms with Gasteiger partial charge in [-0.2, -0.15) is 0 Å². The topological polar surface area (TPSA) is 35.5 Å². The van der Waals surface area contributed by atoms with Gasteiger partial charge in [0.1, 0.15) is 11.9 Å². The van der Waals surface area contributed by atoms with Crippen LogP contribution in [0.2, 0.25) is 0 Å². The molecule has 0 bridgehead atoms. The van der Waals surface area contributed by atoms with Crippen molar-refractivity contribution in [2.45, 2.75) is 93.1 Å². The highest BCUT2D eigenvalue weighted by atomic mass is 16.5. The van der Waals surface area contributed by atoms with E-state index in [1.165, 1.54) is 17.5 Å². The molecule has 0 heterocycles. The van der Waals surface area contributed by atoms with Crippen LogP contribution in [0.5, 0.6) is 5.75 Å². The summed E-state index contributed by atoms with van der Waals surface area (Å²) < 4.78 is 11.9. The fourth-order valence-corrected chi connectivity index (χ4v) is 4.57. The Balaban J connectivity index is 1.74. The number of esters is 1. The van der Waals surface area contributed by atoms with Crippen LogP contribution < -0.4 is 4.74 Å². The first-order valence-electron chi connectivity index (χ1n) is 10.9. The molecule has 0 aromatic heterocycles. The van der Waals surface area contributed by atoms with Crippen LogP contribution in [0.25, 0.3) is 0 Å². The molecule has 1 fully saturated rings. The molecule has 1 saturated carbocycles. The van der Waals surface area contributed by atoms with Gasteiger partial charge in [-0.25, -0.2) is 0 Å². The summed E-state index contributed by atoms with van der Waals surface area (Å²) >= 11 is 0. The van der Waals surface area contributed by atoms with Crippen molar-refractivity contribution in [1.82, 2.24) is 0 Å². The molecule has 0 aliphatic heterocycles. The van der Waals surface area contributed by atoms with Crippen molar-refractivity contribution in [3.05, 3.63) is 29.3 Å². The van der Waals surface area contributed by atoms with E-state index in [4.69, 9.17) is 9.47 Å². The van der Waals surface area contributed by atoms with E-state index < -0.39 is 5.41 Å². The number of rotatable bonds is 8. The Kier molecular flexibility index (Phi) is 7.59. The lowest BCUT2D eigenvalue weighted by Gasteiger charge is -2.39. The quantitative estimate of drug-likeness (QED) is 0.370. The average molecular weight is 389 g/mol. The predicted octanol–water partition coefficient (Wildman–Crippen LogP) is 6.64. The number of unbranched alkanes of at least 4 members (excludes halogenated alkanes) is 1. The summed E-state index contributed by atoms with van der Waals surface area (Å²) in [6.45, 7) is 15.7. The average Bonchev–Trinajstić information content (AvgIpc) is 2.54. The highest BCUT2D eigenvalue weighted by Gasteiger charge is 2.37. The zero-order valence-electron chi connectivity index (χ0n) is 19.1. The Bertz CT molecular complexity index is 660. The van der Waals surface area contributed by atoms with Crippen molar-refractivity contribution in [2.24, 2.45) is 16.7 Å². The van der Waals surface area contributed by atoms with Crippen LogP contribution >= 0.6 is 0 Å². The van der Waals surface area contributed by atoms with Gasteiger partial charge in [0.15, 0.2) is 0 Å². The summed E-state index contributed by atoms with van der Waals surface area (Å²) in [5.74, 6) is 1.53. The molecular weight excluding hydrogens is 348 g/mol. The number of benzene rings is 1. The zero-order valence-corrected chi connectivity index (χ0v) is 19.1. The van der Waals surface area contributed by atoms with Crippen molar-refractivity contribution in [3.63, 3.8) is 0 Å². The van der Waals surface area contributed by atoms with E-state index in [0.717, 1.165) is 37.9 Å². The van der Waals surface area contributed by atoms with Gasteiger partial charge in [0.05, 0.1) is 12.0 Å². The smallest absolute Gasteiger partial charge is 0.311 e. The summed E-state index contributed by atoms with van der Waals surface area (Å²) in [4.78, 5) is 12.8. The number of carbonyl (C=O) groups excluding carboxylic acids is 1. The Morgan fingerprint density at radius 2 is 1.89 bits per heavy atom. The van der Waals surface area contributed by atoms with Crippen LogP contribution in [0, 0.1) is 30.6 Å². The SMILES string of the molecule is Cc1ccc(OCCCCC(C)(C)C(=O)O[C@H]2C[C@@H](C)CC(C)(C)C2)c(C)c1. The summed E-state index contributed by atoms with van der Waals surface area (Å²) in [7, 11) is 0. The number of hydrogen-bond acceptors (Lipinski definition) is 3. The summed E-state index contributed by atoms with van der Waals surface area (Å²) in [5.41, 5.74) is 2.25. The van der Waals surface area contributed by atoms with Gasteiger partial charge in [0.25, 0.3) is 0 Å². The highest BCUT2D eigenvalue weighted by molar-refractivity contribution is 5.76. The molecule has 2 rings (SSSR count). The molecular formula is C25H40O3. The minimum atomic E-state index is -0.440. The van der Waals surface area contributed by atoms with Crippen LogP contribution in [-0.2, 0) is 9.53 Å². The van der Waals surface area contributed by atoms with Gasteiger partial charge < -0.3 is 9.47 Å². The van der Waals surface area contributed by atoms with Gasteiger partial charge in [-0.3, -0.25) is 4.79 Å². The van der Waals surface area contributed by atoms with Gasteiger partial charge in [0, 0.05) is 0 Å². The molecule has 1 aliphatic carbocycles. The Morgan fingerprint density at radius 3 is 2.54 bits per heavy atom. The lowest BCUT2D eigenvalue weighted by Crippen LogP contribution is -2.37. The molecule has 0 amide bonds. The van der Waals surface area contributed by atoms with Gasteiger partial charge in [-0.15, -0.1) is 0 Å². The molecule has 0 spiro atoms. The fourth-order valence-electron chi connectivity index (χ4n) is 4.57. The summed E-state index contributed by atoms with van der Waals surface area (Å²) in [5, 5.41) is 0. The van der Waals surface area contributed by atoms with Crippen LogP contribution in [0.4, 0.5) is 0 Å². The van der Waals surface area contributed by atoms with Crippen molar-refractivity contribution in [1.29, 1.82) is 0 Å². The van der Waals surface area contributed by atoms with Gasteiger partial charge in [-0.05, 0) is 89.2 Å². The third-order valence-electron chi connectivity index (χ3n) is 5.96. The minimum Gasteiger partial charge on any atom is -0.493 e. The van der Waals surface area contributed by atoms with E-state index in [-0.39, 0.29) is 17.5 Å². The van der Waals surface area contributed by atoms with E-state index in [2.05, 4.69) is 46.8 Å². The molecule has 158 valence electrons. The molecule has 2 atom stereocenters. The maximum atomic E-state index is 12.8. The third kappa shape index (κ3) is 6.83.